The summed E-state index contributed by atoms with van der Waals surface area (Å²) in [5.74, 6) is -1.96. The summed E-state index contributed by atoms with van der Waals surface area (Å²) in [7, 11) is 1.67. The third kappa shape index (κ3) is 6.32. The largest absolute Gasteiger partial charge is 0.447 e. The van der Waals surface area contributed by atoms with Gasteiger partial charge >= 0.3 is 6.09 Å². The number of imide groups is 1. The summed E-state index contributed by atoms with van der Waals surface area (Å²) in [5.41, 5.74) is 0.992. The summed E-state index contributed by atoms with van der Waals surface area (Å²) >= 11 is 0. The Morgan fingerprint density at radius 3 is 2.58 bits per heavy atom. The lowest BCUT2D eigenvalue weighted by Gasteiger charge is -2.36. The van der Waals surface area contributed by atoms with E-state index in [1.54, 1.807) is 21.0 Å². The molecule has 0 bridgehead atoms. The van der Waals surface area contributed by atoms with Crippen LogP contribution in [0.3, 0.4) is 0 Å². The van der Waals surface area contributed by atoms with Crippen LogP contribution in [0.25, 0.3) is 0 Å². The van der Waals surface area contributed by atoms with Crippen LogP contribution in [0.15, 0.2) is 30.3 Å². The highest BCUT2D eigenvalue weighted by molar-refractivity contribution is 5.95. The summed E-state index contributed by atoms with van der Waals surface area (Å²) in [6, 6.07) is 9.16. The highest BCUT2D eigenvalue weighted by atomic mass is 16.6. The quantitative estimate of drug-likeness (QED) is 0.580. The first-order valence-electron chi connectivity index (χ1n) is 11.8. The van der Waals surface area contributed by atoms with E-state index in [9.17, 15) is 19.8 Å². The Balaban J connectivity index is 1.60. The van der Waals surface area contributed by atoms with E-state index in [2.05, 4.69) is 0 Å². The molecule has 2 aliphatic heterocycles. The number of aliphatic hydroxyl groups excluding tert-OH is 2. The van der Waals surface area contributed by atoms with Gasteiger partial charge in [0.1, 0.15) is 6.61 Å². The van der Waals surface area contributed by atoms with E-state index in [0.29, 0.717) is 19.3 Å². The Hall–Kier alpha value is -2.00. The minimum absolute atomic E-state index is 0.0318. The first-order chi connectivity index (χ1) is 15.7. The van der Waals surface area contributed by atoms with Crippen molar-refractivity contribution in [3.05, 3.63) is 35.9 Å². The number of rotatable bonds is 9. The lowest BCUT2D eigenvalue weighted by Crippen LogP contribution is -2.48. The molecule has 2 amide bonds. The second-order valence-electron chi connectivity index (χ2n) is 9.47. The van der Waals surface area contributed by atoms with Crippen LogP contribution in [-0.4, -0.2) is 77.4 Å². The molecule has 184 valence electrons. The second-order valence-corrected chi connectivity index (χ2v) is 9.47. The van der Waals surface area contributed by atoms with Crippen molar-refractivity contribution in [2.75, 3.05) is 13.7 Å². The molecular formula is C25H37NO7. The number of carbonyl (C=O) groups is 2. The summed E-state index contributed by atoms with van der Waals surface area (Å²) < 4.78 is 16.5. The minimum atomic E-state index is -1.13. The molecule has 2 N–H and O–H groups in total. The molecule has 0 spiro atoms. The topological polar surface area (TPSA) is 106 Å². The van der Waals surface area contributed by atoms with Crippen molar-refractivity contribution in [1.29, 1.82) is 0 Å². The molecule has 2 saturated heterocycles. The van der Waals surface area contributed by atoms with Crippen LogP contribution in [-0.2, 0) is 25.4 Å². The maximum atomic E-state index is 13.2. The third-order valence-electron chi connectivity index (χ3n) is 6.94. The number of cyclic esters (lactones) is 1. The Bertz CT molecular complexity index is 788. The van der Waals surface area contributed by atoms with Crippen LogP contribution in [0.1, 0.15) is 45.6 Å². The molecule has 8 atom stereocenters. The molecule has 1 aromatic carbocycles. The van der Waals surface area contributed by atoms with Gasteiger partial charge in [0.05, 0.1) is 42.5 Å². The van der Waals surface area contributed by atoms with Gasteiger partial charge in [-0.2, -0.15) is 0 Å². The fourth-order valence-electron chi connectivity index (χ4n) is 4.84. The van der Waals surface area contributed by atoms with E-state index in [1.165, 1.54) is 0 Å². The summed E-state index contributed by atoms with van der Waals surface area (Å²) in [6.07, 6.45) is -0.451. The second kappa shape index (κ2) is 11.4. The molecule has 8 heteroatoms. The van der Waals surface area contributed by atoms with Crippen molar-refractivity contribution < 1.29 is 34.0 Å². The van der Waals surface area contributed by atoms with Gasteiger partial charge in [0.2, 0.25) is 5.91 Å². The minimum Gasteiger partial charge on any atom is -0.447 e. The normalized spacial score (nSPS) is 29.3. The lowest BCUT2D eigenvalue weighted by molar-refractivity contribution is -0.140. The highest BCUT2D eigenvalue weighted by Crippen LogP contribution is 2.29. The molecule has 0 radical (unpaired) electrons. The van der Waals surface area contributed by atoms with Crippen molar-refractivity contribution in [2.24, 2.45) is 11.8 Å². The first-order valence-corrected chi connectivity index (χ1v) is 11.8. The van der Waals surface area contributed by atoms with E-state index in [-0.39, 0.29) is 24.9 Å². The molecule has 0 saturated carbocycles. The van der Waals surface area contributed by atoms with Crippen molar-refractivity contribution in [3.63, 3.8) is 0 Å². The number of methoxy groups -OCH3 is 1. The zero-order chi connectivity index (χ0) is 24.1. The van der Waals surface area contributed by atoms with Gasteiger partial charge in [0.25, 0.3) is 0 Å². The molecule has 2 fully saturated rings. The van der Waals surface area contributed by atoms with E-state index in [0.717, 1.165) is 16.9 Å². The monoisotopic (exact) mass is 463 g/mol. The number of amides is 2. The highest BCUT2D eigenvalue weighted by Gasteiger charge is 2.43. The number of ether oxygens (including phenoxy) is 3. The third-order valence-corrected chi connectivity index (χ3v) is 6.94. The van der Waals surface area contributed by atoms with Crippen LogP contribution in [0.2, 0.25) is 0 Å². The number of carbonyl (C=O) groups excluding carboxylic acids is 2. The average molecular weight is 464 g/mol. The van der Waals surface area contributed by atoms with Crippen molar-refractivity contribution in [2.45, 2.75) is 83.0 Å². The van der Waals surface area contributed by atoms with E-state index in [1.807, 2.05) is 37.3 Å². The van der Waals surface area contributed by atoms with Gasteiger partial charge in [-0.05, 0) is 38.2 Å². The average Bonchev–Trinajstić information content (AvgIpc) is 3.16. The summed E-state index contributed by atoms with van der Waals surface area (Å²) in [6.45, 7) is 5.40. The molecule has 2 aliphatic rings. The SMILES string of the molecule is CO[C@H]1C[C@H](C[C@@H](O)[C@H](C)[C@@H](O)[C@H](C)C(=O)N2C(=O)OC[C@@H]2Cc2ccccc2)O[C@@H](C)C1. The van der Waals surface area contributed by atoms with Gasteiger partial charge in [-0.25, -0.2) is 9.69 Å². The standard InChI is InChI=1S/C25H37NO7/c1-15-10-20(31-4)12-21(33-15)13-22(27)16(2)23(28)17(3)24(29)26-19(14-32-25(26)30)11-18-8-6-5-7-9-18/h5-9,15-17,19-23,27-28H,10-14H2,1-4H3/t15-,16-,17-,19-,20+,21+,22+,23+/m0/s1. The lowest BCUT2D eigenvalue weighted by atomic mass is 9.85. The smallest absolute Gasteiger partial charge is 0.416 e. The van der Waals surface area contributed by atoms with Gasteiger partial charge in [0.15, 0.2) is 0 Å². The predicted octanol–water partition coefficient (Wildman–Crippen LogP) is 2.54. The van der Waals surface area contributed by atoms with Gasteiger partial charge in [0, 0.05) is 13.0 Å². The fraction of sp³-hybridized carbons (Fsp3) is 0.680. The van der Waals surface area contributed by atoms with Gasteiger partial charge in [-0.1, -0.05) is 44.2 Å². The maximum Gasteiger partial charge on any atom is 0.416 e. The number of benzene rings is 1. The van der Waals surface area contributed by atoms with Gasteiger partial charge < -0.3 is 24.4 Å². The summed E-state index contributed by atoms with van der Waals surface area (Å²) in [4.78, 5) is 26.6. The fourth-order valence-corrected chi connectivity index (χ4v) is 4.84. The Labute approximate surface area is 195 Å². The zero-order valence-corrected chi connectivity index (χ0v) is 19.9. The maximum absolute atomic E-state index is 13.2. The summed E-state index contributed by atoms with van der Waals surface area (Å²) in [5, 5.41) is 21.7. The molecule has 3 rings (SSSR count). The molecule has 0 unspecified atom stereocenters. The van der Waals surface area contributed by atoms with E-state index in [4.69, 9.17) is 14.2 Å². The molecule has 8 nitrogen and oxygen atoms in total. The number of nitrogens with zero attached hydrogens (tertiary/aromatic N) is 1. The van der Waals surface area contributed by atoms with Crippen LogP contribution < -0.4 is 0 Å². The van der Waals surface area contributed by atoms with Crippen molar-refractivity contribution in [3.8, 4) is 0 Å². The number of aliphatic hydroxyl groups is 2. The Morgan fingerprint density at radius 1 is 1.21 bits per heavy atom. The van der Waals surface area contributed by atoms with Crippen LogP contribution in [0.4, 0.5) is 4.79 Å². The van der Waals surface area contributed by atoms with Gasteiger partial charge in [-0.3, -0.25) is 4.79 Å². The zero-order valence-electron chi connectivity index (χ0n) is 19.9. The van der Waals surface area contributed by atoms with Crippen molar-refractivity contribution >= 4 is 12.0 Å². The molecule has 2 heterocycles. The van der Waals surface area contributed by atoms with Crippen molar-refractivity contribution in [1.82, 2.24) is 4.90 Å². The van der Waals surface area contributed by atoms with E-state index >= 15 is 0 Å². The predicted molar refractivity (Wildman–Crippen MR) is 121 cm³/mol. The molecule has 33 heavy (non-hydrogen) atoms. The molecule has 0 aliphatic carbocycles. The first kappa shape index (κ1) is 25.6. The molecule has 1 aromatic rings. The van der Waals surface area contributed by atoms with Crippen LogP contribution in [0, 0.1) is 11.8 Å². The van der Waals surface area contributed by atoms with E-state index < -0.39 is 42.1 Å². The Kier molecular flexibility index (Phi) is 8.87. The van der Waals surface area contributed by atoms with Crippen LogP contribution in [0.5, 0.6) is 0 Å². The van der Waals surface area contributed by atoms with Crippen LogP contribution >= 0.6 is 0 Å². The molecule has 0 aromatic heterocycles. The Morgan fingerprint density at radius 2 is 1.91 bits per heavy atom. The molecular weight excluding hydrogens is 426 g/mol. The van der Waals surface area contributed by atoms with Gasteiger partial charge in [-0.15, -0.1) is 0 Å². The number of hydrogen-bond acceptors (Lipinski definition) is 7. The number of hydrogen-bond donors (Lipinski definition) is 2.